The van der Waals surface area contributed by atoms with Gasteiger partial charge in [-0.2, -0.15) is 0 Å². The molecule has 0 fully saturated rings. The molecule has 0 saturated carbocycles. The zero-order valence-electron chi connectivity index (χ0n) is 53.2. The van der Waals surface area contributed by atoms with Gasteiger partial charge in [-0.1, -0.05) is 118 Å². The number of carboxylic acids is 1. The van der Waals surface area contributed by atoms with Crippen LogP contribution in [0.4, 0.5) is 0 Å². The van der Waals surface area contributed by atoms with Crippen LogP contribution in [0.1, 0.15) is 146 Å². The van der Waals surface area contributed by atoms with Crippen LogP contribution in [-0.2, 0) is 60.4 Å². The summed E-state index contributed by atoms with van der Waals surface area (Å²) in [5.74, 6) is 3.03. The highest BCUT2D eigenvalue weighted by Crippen LogP contribution is 2.38. The summed E-state index contributed by atoms with van der Waals surface area (Å²) in [6, 6.07) is 28.8. The second kappa shape index (κ2) is 34.1. The van der Waals surface area contributed by atoms with E-state index in [4.69, 9.17) is 47.7 Å². The molecule has 5 rings (SSSR count). The number of aryl methyl sites for hydroxylation is 3. The maximum absolute atomic E-state index is 10.8. The first-order valence-corrected chi connectivity index (χ1v) is 27.2. The summed E-state index contributed by atoms with van der Waals surface area (Å²) in [6.07, 6.45) is 4.03. The Morgan fingerprint density at radius 3 is 0.878 bits per heavy atom. The molecule has 456 valence electrons. The standard InChI is InChI=1S/C15H24O3.C14H22O4.C13H18O3.C13H18O2.C12H16O3/c1-11-9-12(7-8-13(11)16-4)15(2,3)10-14(17-5)18-6;1-14(2,9-13(17-4)18-5)10-6-7-12(16-3)11(15)8-10;1-9-7-10(5-6-11(9)16-4)13(2,3)8-12(14)15;1-10-9-11(5-6-12(10)15-4)13(2,3)7-8-14;1-12(2,6-7-13)9-4-5-11(15-3)10(14)8-9/h7-9,14H,10H2,1-6H3;6-8,13,15H,9H2,1-5H3;5-7H,8H2,1-4H3,(H,14,15);5-6,8-9H,7H2,1-4H3;4-5,7-8,14H,6H2,1-3H3. The second-order valence-corrected chi connectivity index (χ2v) is 23.3. The van der Waals surface area contributed by atoms with Gasteiger partial charge in [0.25, 0.3) is 0 Å². The van der Waals surface area contributed by atoms with Gasteiger partial charge in [-0.25, -0.2) is 0 Å². The average molecular weight is 1140 g/mol. The Labute approximate surface area is 490 Å². The summed E-state index contributed by atoms with van der Waals surface area (Å²) in [5.41, 5.74) is 7.79. The van der Waals surface area contributed by atoms with Gasteiger partial charge in [0.15, 0.2) is 35.6 Å². The molecular formula is C67H98O15. The first-order chi connectivity index (χ1) is 38.3. The Kier molecular flexibility index (Phi) is 30.5. The van der Waals surface area contributed by atoms with Crippen molar-refractivity contribution < 1.29 is 72.3 Å². The topological polar surface area (TPSA) is 195 Å². The first-order valence-electron chi connectivity index (χ1n) is 27.2. The van der Waals surface area contributed by atoms with Gasteiger partial charge in [-0.15, -0.1) is 0 Å². The van der Waals surface area contributed by atoms with Crippen molar-refractivity contribution in [3.63, 3.8) is 0 Å². The number of aldehydes is 2. The fourth-order valence-corrected chi connectivity index (χ4v) is 8.85. The van der Waals surface area contributed by atoms with Gasteiger partial charge in [-0.05, 0) is 129 Å². The Hall–Kier alpha value is -6.65. The molecule has 0 aromatic heterocycles. The number of hydrogen-bond acceptors (Lipinski definition) is 14. The van der Waals surface area contributed by atoms with Crippen molar-refractivity contribution in [1.29, 1.82) is 0 Å². The van der Waals surface area contributed by atoms with Crippen molar-refractivity contribution in [1.82, 2.24) is 0 Å². The number of hydrogen-bond donors (Lipinski definition) is 3. The van der Waals surface area contributed by atoms with Crippen molar-refractivity contribution in [3.05, 3.63) is 136 Å². The molecule has 0 unspecified atom stereocenters. The molecule has 5 aromatic rings. The third-order valence-electron chi connectivity index (χ3n) is 14.6. The van der Waals surface area contributed by atoms with E-state index in [0.29, 0.717) is 30.8 Å². The summed E-state index contributed by atoms with van der Waals surface area (Å²) in [5, 5.41) is 28.3. The van der Waals surface area contributed by atoms with Gasteiger partial charge in [0, 0.05) is 59.5 Å². The quantitative estimate of drug-likeness (QED) is 0.0390. The molecule has 0 spiro atoms. The molecule has 0 amide bonds. The van der Waals surface area contributed by atoms with Gasteiger partial charge in [0.1, 0.15) is 29.8 Å². The van der Waals surface area contributed by atoms with E-state index in [9.17, 15) is 24.6 Å². The van der Waals surface area contributed by atoms with E-state index in [-0.39, 0.29) is 57.6 Å². The number of methoxy groups -OCH3 is 9. The van der Waals surface area contributed by atoms with Crippen LogP contribution in [0.3, 0.4) is 0 Å². The number of aromatic hydroxyl groups is 2. The fourth-order valence-electron chi connectivity index (χ4n) is 8.85. The fraction of sp³-hybridized carbons (Fsp3) is 0.507. The summed E-state index contributed by atoms with van der Waals surface area (Å²) in [7, 11) is 14.6. The number of benzene rings is 5. The molecule has 0 saturated heterocycles. The van der Waals surface area contributed by atoms with E-state index in [0.717, 1.165) is 69.6 Å². The Bertz CT molecular complexity index is 2580. The number of phenolic OH excluding ortho intramolecular Hbond substituents is 2. The zero-order chi connectivity index (χ0) is 62.8. The molecule has 0 aliphatic rings. The summed E-state index contributed by atoms with van der Waals surface area (Å²) in [6.45, 7) is 26.5. The maximum Gasteiger partial charge on any atom is 0.304 e. The number of ether oxygens (including phenoxy) is 9. The smallest absolute Gasteiger partial charge is 0.304 e. The molecule has 15 heteroatoms. The number of carbonyl (C=O) groups is 3. The van der Waals surface area contributed by atoms with Crippen LogP contribution < -0.4 is 23.7 Å². The van der Waals surface area contributed by atoms with Crippen LogP contribution in [0.5, 0.6) is 40.2 Å². The molecule has 5 aromatic carbocycles. The molecule has 82 heavy (non-hydrogen) atoms. The lowest BCUT2D eigenvalue weighted by Gasteiger charge is -2.29. The van der Waals surface area contributed by atoms with Crippen molar-refractivity contribution in [2.24, 2.45) is 0 Å². The SMILES string of the molecule is COc1ccc(C(C)(C)CC(=O)O)cc1C.COc1ccc(C(C)(C)CC(OC)OC)cc1C.COc1ccc(C(C)(C)CC(OC)OC)cc1O.COc1ccc(C(C)(C)CC=O)cc1C.COc1ccc(C(C)(C)CC=O)cc1O. The van der Waals surface area contributed by atoms with Crippen LogP contribution in [0.25, 0.3) is 0 Å². The normalized spacial score (nSPS) is 11.5. The first kappa shape index (κ1) is 73.4. The minimum Gasteiger partial charge on any atom is -0.504 e. The summed E-state index contributed by atoms with van der Waals surface area (Å²) >= 11 is 0. The van der Waals surface area contributed by atoms with Crippen LogP contribution in [-0.4, -0.2) is 110 Å². The van der Waals surface area contributed by atoms with Crippen LogP contribution in [0.2, 0.25) is 0 Å². The predicted octanol–water partition coefficient (Wildman–Crippen LogP) is 13.9. The van der Waals surface area contributed by atoms with Crippen molar-refractivity contribution >= 4 is 18.5 Å². The molecule has 0 aliphatic carbocycles. The van der Waals surface area contributed by atoms with Gasteiger partial charge in [-0.3, -0.25) is 4.79 Å². The maximum atomic E-state index is 10.8. The molecule has 0 heterocycles. The molecule has 3 N–H and O–H groups in total. The molecule has 0 atom stereocenters. The Morgan fingerprint density at radius 2 is 0.646 bits per heavy atom. The van der Waals surface area contributed by atoms with Crippen LogP contribution in [0.15, 0.2) is 91.0 Å². The van der Waals surface area contributed by atoms with Crippen LogP contribution in [0, 0.1) is 20.8 Å². The van der Waals surface area contributed by atoms with E-state index >= 15 is 0 Å². The largest absolute Gasteiger partial charge is 0.504 e. The third kappa shape index (κ3) is 22.9. The number of phenols is 2. The molecule has 0 radical (unpaired) electrons. The van der Waals surface area contributed by atoms with E-state index in [1.165, 1.54) is 25.3 Å². The minimum absolute atomic E-state index is 0.00623. The van der Waals surface area contributed by atoms with Crippen molar-refractivity contribution in [3.8, 4) is 40.2 Å². The summed E-state index contributed by atoms with van der Waals surface area (Å²) < 4.78 is 46.7. The van der Waals surface area contributed by atoms with Gasteiger partial charge >= 0.3 is 5.97 Å². The van der Waals surface area contributed by atoms with Gasteiger partial charge < -0.3 is 67.5 Å². The summed E-state index contributed by atoms with van der Waals surface area (Å²) in [4.78, 5) is 31.9. The highest BCUT2D eigenvalue weighted by molar-refractivity contribution is 5.69. The second-order valence-electron chi connectivity index (χ2n) is 23.3. The Morgan fingerprint density at radius 1 is 0.402 bits per heavy atom. The zero-order valence-corrected chi connectivity index (χ0v) is 53.2. The van der Waals surface area contributed by atoms with Gasteiger partial charge in [0.2, 0.25) is 0 Å². The van der Waals surface area contributed by atoms with E-state index in [2.05, 4.69) is 66.7 Å². The number of aliphatic carboxylic acids is 1. The third-order valence-corrected chi connectivity index (χ3v) is 14.6. The lowest BCUT2D eigenvalue weighted by molar-refractivity contribution is -0.138. The highest BCUT2D eigenvalue weighted by atomic mass is 16.7. The van der Waals surface area contributed by atoms with E-state index in [1.54, 1.807) is 74.0 Å². The molecule has 15 nitrogen and oxygen atoms in total. The molecule has 0 aliphatic heterocycles. The molecular weight excluding hydrogens is 1040 g/mol. The Balaban J connectivity index is 0.000000514. The molecule has 0 bridgehead atoms. The van der Waals surface area contributed by atoms with Crippen molar-refractivity contribution in [2.75, 3.05) is 64.0 Å². The van der Waals surface area contributed by atoms with E-state index in [1.807, 2.05) is 90.1 Å². The monoisotopic (exact) mass is 1140 g/mol. The number of carbonyl (C=O) groups excluding carboxylic acids is 2. The van der Waals surface area contributed by atoms with Crippen molar-refractivity contribution in [2.45, 2.75) is 162 Å². The highest BCUT2D eigenvalue weighted by Gasteiger charge is 2.29. The van der Waals surface area contributed by atoms with E-state index < -0.39 is 5.97 Å². The number of carboxylic acid groups (broad SMARTS) is 1. The van der Waals surface area contributed by atoms with Gasteiger partial charge in [0.05, 0.1) is 42.0 Å². The average Bonchev–Trinajstić information content (AvgIpc) is 3.56. The minimum atomic E-state index is -0.779. The predicted molar refractivity (Wildman–Crippen MR) is 326 cm³/mol. The number of rotatable bonds is 24. The lowest BCUT2D eigenvalue weighted by atomic mass is 9.80. The lowest BCUT2D eigenvalue weighted by Crippen LogP contribution is -2.27. The van der Waals surface area contributed by atoms with Crippen LogP contribution >= 0.6 is 0 Å².